The molecule has 0 atom stereocenters. The lowest BCUT2D eigenvalue weighted by Gasteiger charge is -2.25. The Kier molecular flexibility index (Phi) is 6.21. The number of amides is 2. The van der Waals surface area contributed by atoms with Gasteiger partial charge >= 0.3 is 6.03 Å². The molecule has 0 saturated carbocycles. The summed E-state index contributed by atoms with van der Waals surface area (Å²) >= 11 is 0. The number of aryl methyl sites for hydroxylation is 2. The van der Waals surface area contributed by atoms with E-state index in [0.717, 1.165) is 59.2 Å². The van der Waals surface area contributed by atoms with E-state index < -0.39 is 0 Å². The van der Waals surface area contributed by atoms with Crippen LogP contribution in [0.4, 0.5) is 10.5 Å². The largest absolute Gasteiger partial charge is 0.454 e. The molecule has 2 aliphatic rings. The van der Waals surface area contributed by atoms with Gasteiger partial charge in [-0.25, -0.2) is 9.79 Å². The Hall–Kier alpha value is -3.80. The third-order valence-electron chi connectivity index (χ3n) is 6.30. The summed E-state index contributed by atoms with van der Waals surface area (Å²) in [6.45, 7) is 7.56. The predicted molar refractivity (Wildman–Crippen MR) is 135 cm³/mol. The Morgan fingerprint density at radius 1 is 0.912 bits per heavy atom. The Morgan fingerprint density at radius 2 is 1.76 bits per heavy atom. The number of benzene rings is 3. The summed E-state index contributed by atoms with van der Waals surface area (Å²) in [5.41, 5.74) is 5.25. The summed E-state index contributed by atoms with van der Waals surface area (Å²) < 4.78 is 6.26. The van der Waals surface area contributed by atoms with E-state index in [4.69, 9.17) is 9.73 Å². The highest BCUT2D eigenvalue weighted by Crippen LogP contribution is 2.38. The van der Waals surface area contributed by atoms with Crippen molar-refractivity contribution in [1.29, 1.82) is 0 Å². The molecular weight excluding hydrogens is 424 g/mol. The van der Waals surface area contributed by atoms with Crippen LogP contribution in [-0.2, 0) is 6.54 Å². The zero-order valence-electron chi connectivity index (χ0n) is 19.8. The minimum atomic E-state index is -0.0179. The maximum atomic E-state index is 12.9. The van der Waals surface area contributed by atoms with Crippen LogP contribution in [0.2, 0.25) is 0 Å². The van der Waals surface area contributed by atoms with Crippen LogP contribution in [-0.4, -0.2) is 47.8 Å². The van der Waals surface area contributed by atoms with Crippen LogP contribution in [0.5, 0.6) is 11.5 Å². The molecule has 2 heterocycles. The molecule has 174 valence electrons. The standard InChI is InChI=1S/C28H30N4O2/c1-20-7-5-8-22(17-20)19-29-28(33)32-14-6-13-31(15-16-32)27-23-9-3-4-10-25(23)34-26-18-21(2)11-12-24(26)30-27/h3-5,7-12,17-18H,6,13-16,19H2,1-2H3,(H,29,33). The third-order valence-corrected chi connectivity index (χ3v) is 6.30. The molecular formula is C28H30N4O2. The van der Waals surface area contributed by atoms with Crippen molar-refractivity contribution in [2.75, 3.05) is 26.2 Å². The van der Waals surface area contributed by atoms with Gasteiger partial charge in [0, 0.05) is 32.7 Å². The third kappa shape index (κ3) is 4.76. The number of aliphatic imine (C=N–C) groups is 1. The zero-order valence-corrected chi connectivity index (χ0v) is 19.8. The molecule has 0 spiro atoms. The second-order valence-corrected chi connectivity index (χ2v) is 8.98. The van der Waals surface area contributed by atoms with Crippen molar-refractivity contribution in [3.05, 3.63) is 89.0 Å². The lowest BCUT2D eigenvalue weighted by molar-refractivity contribution is 0.200. The topological polar surface area (TPSA) is 57.2 Å². The molecule has 0 aliphatic carbocycles. The van der Waals surface area contributed by atoms with Crippen LogP contribution in [0.1, 0.15) is 28.7 Å². The van der Waals surface area contributed by atoms with Crippen molar-refractivity contribution >= 4 is 17.6 Å². The van der Waals surface area contributed by atoms with Crippen molar-refractivity contribution in [3.63, 3.8) is 0 Å². The molecule has 1 saturated heterocycles. The first-order chi connectivity index (χ1) is 16.6. The molecule has 0 bridgehead atoms. The fourth-order valence-electron chi connectivity index (χ4n) is 4.51. The molecule has 6 nitrogen and oxygen atoms in total. The smallest absolute Gasteiger partial charge is 0.317 e. The van der Waals surface area contributed by atoms with Gasteiger partial charge in [-0.2, -0.15) is 0 Å². The van der Waals surface area contributed by atoms with Crippen molar-refractivity contribution in [3.8, 4) is 11.5 Å². The molecule has 0 unspecified atom stereocenters. The van der Waals surface area contributed by atoms with Crippen LogP contribution in [0.3, 0.4) is 0 Å². The van der Waals surface area contributed by atoms with E-state index in [0.29, 0.717) is 19.6 Å². The Labute approximate surface area is 200 Å². The van der Waals surface area contributed by atoms with E-state index in [2.05, 4.69) is 48.3 Å². The van der Waals surface area contributed by atoms with E-state index >= 15 is 0 Å². The lowest BCUT2D eigenvalue weighted by atomic mass is 10.1. The molecule has 6 heteroatoms. The fraction of sp³-hybridized carbons (Fsp3) is 0.286. The number of para-hydroxylation sites is 1. The van der Waals surface area contributed by atoms with Gasteiger partial charge in [-0.15, -0.1) is 0 Å². The molecule has 3 aromatic rings. The van der Waals surface area contributed by atoms with Gasteiger partial charge in [0.15, 0.2) is 5.75 Å². The highest BCUT2D eigenvalue weighted by Gasteiger charge is 2.26. The first kappa shape index (κ1) is 22.0. The van der Waals surface area contributed by atoms with Crippen molar-refractivity contribution in [1.82, 2.24) is 15.1 Å². The average Bonchev–Trinajstić information content (AvgIpc) is 3.17. The number of nitrogens with zero attached hydrogens (tertiary/aromatic N) is 3. The Balaban J connectivity index is 1.32. The molecule has 5 rings (SSSR count). The highest BCUT2D eigenvalue weighted by atomic mass is 16.5. The van der Waals surface area contributed by atoms with Gasteiger partial charge < -0.3 is 19.9 Å². The molecule has 2 aliphatic heterocycles. The van der Waals surface area contributed by atoms with Crippen molar-refractivity contribution < 1.29 is 9.53 Å². The summed E-state index contributed by atoms with van der Waals surface area (Å²) in [5.74, 6) is 2.48. The number of hydrogen-bond donors (Lipinski definition) is 1. The number of ether oxygens (including phenoxy) is 1. The first-order valence-electron chi connectivity index (χ1n) is 11.9. The van der Waals surface area contributed by atoms with Crippen molar-refractivity contribution in [2.24, 2.45) is 4.99 Å². The number of fused-ring (bicyclic) bond motifs is 2. The molecule has 0 aromatic heterocycles. The summed E-state index contributed by atoms with van der Waals surface area (Å²) in [7, 11) is 0. The maximum Gasteiger partial charge on any atom is 0.317 e. The number of rotatable bonds is 2. The van der Waals surface area contributed by atoms with Crippen LogP contribution in [0, 0.1) is 13.8 Å². The van der Waals surface area contributed by atoms with Crippen LogP contribution < -0.4 is 10.1 Å². The van der Waals surface area contributed by atoms with E-state index in [1.807, 2.05) is 47.4 Å². The Morgan fingerprint density at radius 3 is 2.65 bits per heavy atom. The summed E-state index contributed by atoms with van der Waals surface area (Å²) in [5, 5.41) is 3.08. The minimum absolute atomic E-state index is 0.0179. The summed E-state index contributed by atoms with van der Waals surface area (Å²) in [4.78, 5) is 22.1. The monoisotopic (exact) mass is 454 g/mol. The van der Waals surface area contributed by atoms with Gasteiger partial charge in [-0.3, -0.25) is 0 Å². The van der Waals surface area contributed by atoms with Gasteiger partial charge in [-0.05, 0) is 55.7 Å². The molecule has 1 N–H and O–H groups in total. The van der Waals surface area contributed by atoms with Gasteiger partial charge in [0.05, 0.1) is 5.56 Å². The number of hydrogen-bond acceptors (Lipinski definition) is 4. The highest BCUT2D eigenvalue weighted by molar-refractivity contribution is 6.03. The van der Waals surface area contributed by atoms with Gasteiger partial charge in [0.2, 0.25) is 0 Å². The quantitative estimate of drug-likeness (QED) is 0.564. The molecule has 2 amide bonds. The average molecular weight is 455 g/mol. The zero-order chi connectivity index (χ0) is 23.5. The number of amidine groups is 1. The van der Waals surface area contributed by atoms with Gasteiger partial charge in [0.1, 0.15) is 17.3 Å². The molecule has 34 heavy (non-hydrogen) atoms. The summed E-state index contributed by atoms with van der Waals surface area (Å²) in [6.07, 6.45) is 0.876. The normalized spacial score (nSPS) is 15.3. The second kappa shape index (κ2) is 9.59. The van der Waals surface area contributed by atoms with E-state index in [1.165, 1.54) is 5.56 Å². The lowest BCUT2D eigenvalue weighted by Crippen LogP contribution is -2.42. The molecule has 0 radical (unpaired) electrons. The minimum Gasteiger partial charge on any atom is -0.454 e. The number of urea groups is 1. The Bertz CT molecular complexity index is 1240. The van der Waals surface area contributed by atoms with E-state index in [-0.39, 0.29) is 6.03 Å². The maximum absolute atomic E-state index is 12.9. The predicted octanol–water partition coefficient (Wildman–Crippen LogP) is 5.40. The number of carbonyl (C=O) groups excluding carboxylic acids is 1. The number of nitrogens with one attached hydrogen (secondary N) is 1. The fourth-order valence-corrected chi connectivity index (χ4v) is 4.51. The summed E-state index contributed by atoms with van der Waals surface area (Å²) in [6, 6.07) is 22.4. The van der Waals surface area contributed by atoms with Crippen LogP contribution >= 0.6 is 0 Å². The van der Waals surface area contributed by atoms with Crippen LogP contribution in [0.15, 0.2) is 71.7 Å². The van der Waals surface area contributed by atoms with Gasteiger partial charge in [-0.1, -0.05) is 48.0 Å². The molecule has 3 aromatic carbocycles. The second-order valence-electron chi connectivity index (χ2n) is 8.98. The van der Waals surface area contributed by atoms with Gasteiger partial charge in [0.25, 0.3) is 0 Å². The van der Waals surface area contributed by atoms with E-state index in [1.54, 1.807) is 0 Å². The first-order valence-corrected chi connectivity index (χ1v) is 11.9. The van der Waals surface area contributed by atoms with Crippen LogP contribution in [0.25, 0.3) is 0 Å². The van der Waals surface area contributed by atoms with E-state index in [9.17, 15) is 4.79 Å². The number of carbonyl (C=O) groups is 1. The van der Waals surface area contributed by atoms with Crippen molar-refractivity contribution in [2.45, 2.75) is 26.8 Å². The SMILES string of the molecule is Cc1cccc(CNC(=O)N2CCCN(C3=Nc4ccc(C)cc4Oc4ccccc43)CC2)c1. The molecule has 1 fully saturated rings.